The summed E-state index contributed by atoms with van der Waals surface area (Å²) in [6, 6.07) is 6.69. The molecule has 2 unspecified atom stereocenters. The zero-order chi connectivity index (χ0) is 15.5. The van der Waals surface area contributed by atoms with E-state index in [1.165, 1.54) is 0 Å². The van der Waals surface area contributed by atoms with Gasteiger partial charge in [-0.15, -0.1) is 0 Å². The molecule has 116 valence electrons. The van der Waals surface area contributed by atoms with Crippen molar-refractivity contribution in [1.29, 1.82) is 0 Å². The Morgan fingerprint density at radius 2 is 2.10 bits per heavy atom. The Labute approximate surface area is 121 Å². The SMILES string of the molecule is NC(=O)c1cccc(CNC2CCCC(C(F)(F)F)C2)c1. The Kier molecular flexibility index (Phi) is 4.88. The van der Waals surface area contributed by atoms with Gasteiger partial charge in [-0.1, -0.05) is 18.6 Å². The van der Waals surface area contributed by atoms with Crippen LogP contribution >= 0.6 is 0 Å². The standard InChI is InChI=1S/C15H19F3N2O/c16-15(17,18)12-5-2-6-13(8-12)20-9-10-3-1-4-11(7-10)14(19)21/h1,3-4,7,12-13,20H,2,5-6,8-9H2,(H2,19,21). The van der Waals surface area contributed by atoms with Crippen molar-refractivity contribution >= 4 is 5.91 Å². The summed E-state index contributed by atoms with van der Waals surface area (Å²) in [6.07, 6.45) is -2.42. The molecule has 3 nitrogen and oxygen atoms in total. The van der Waals surface area contributed by atoms with Crippen molar-refractivity contribution in [2.75, 3.05) is 0 Å². The minimum Gasteiger partial charge on any atom is -0.366 e. The first-order valence-electron chi connectivity index (χ1n) is 7.05. The molecular formula is C15H19F3N2O. The second-order valence-corrected chi connectivity index (χ2v) is 5.55. The summed E-state index contributed by atoms with van der Waals surface area (Å²) in [7, 11) is 0. The average Bonchev–Trinajstić information content (AvgIpc) is 2.45. The third kappa shape index (κ3) is 4.46. The molecule has 0 radical (unpaired) electrons. The van der Waals surface area contributed by atoms with Gasteiger partial charge in [0.15, 0.2) is 0 Å². The number of benzene rings is 1. The maximum absolute atomic E-state index is 12.7. The molecule has 2 atom stereocenters. The number of hydrogen-bond acceptors (Lipinski definition) is 2. The lowest BCUT2D eigenvalue weighted by Crippen LogP contribution is -2.38. The van der Waals surface area contributed by atoms with Gasteiger partial charge in [0, 0.05) is 18.2 Å². The van der Waals surface area contributed by atoms with E-state index >= 15 is 0 Å². The van der Waals surface area contributed by atoms with Gasteiger partial charge < -0.3 is 11.1 Å². The molecule has 0 bridgehead atoms. The van der Waals surface area contributed by atoms with Gasteiger partial charge in [-0.2, -0.15) is 13.2 Å². The molecule has 0 aromatic heterocycles. The lowest BCUT2D eigenvalue weighted by Gasteiger charge is -2.31. The molecule has 1 aliphatic carbocycles. The molecule has 1 amide bonds. The Bertz CT molecular complexity index is 502. The van der Waals surface area contributed by atoms with Crippen molar-refractivity contribution in [3.63, 3.8) is 0 Å². The van der Waals surface area contributed by atoms with Crippen molar-refractivity contribution in [3.05, 3.63) is 35.4 Å². The zero-order valence-corrected chi connectivity index (χ0v) is 11.6. The van der Waals surface area contributed by atoms with E-state index in [4.69, 9.17) is 5.73 Å². The fourth-order valence-corrected chi connectivity index (χ4v) is 2.77. The highest BCUT2D eigenvalue weighted by molar-refractivity contribution is 5.92. The maximum atomic E-state index is 12.7. The molecule has 0 aliphatic heterocycles. The minimum atomic E-state index is -4.10. The van der Waals surface area contributed by atoms with Gasteiger partial charge in [-0.05, 0) is 37.0 Å². The number of primary amides is 1. The van der Waals surface area contributed by atoms with Crippen LogP contribution in [0.3, 0.4) is 0 Å². The number of amides is 1. The second kappa shape index (κ2) is 6.47. The molecular weight excluding hydrogens is 281 g/mol. The first-order valence-corrected chi connectivity index (χ1v) is 7.05. The van der Waals surface area contributed by atoms with E-state index in [9.17, 15) is 18.0 Å². The van der Waals surface area contributed by atoms with E-state index in [-0.39, 0.29) is 18.9 Å². The number of rotatable bonds is 4. The van der Waals surface area contributed by atoms with Crippen LogP contribution in [0.4, 0.5) is 13.2 Å². The Morgan fingerprint density at radius 3 is 2.76 bits per heavy atom. The summed E-state index contributed by atoms with van der Waals surface area (Å²) in [5.41, 5.74) is 6.46. The highest BCUT2D eigenvalue weighted by Crippen LogP contribution is 2.37. The predicted octanol–water partition coefficient (Wildman–Crippen LogP) is 3.00. The van der Waals surface area contributed by atoms with Crippen molar-refractivity contribution in [3.8, 4) is 0 Å². The van der Waals surface area contributed by atoms with Crippen molar-refractivity contribution in [2.45, 2.75) is 44.4 Å². The number of alkyl halides is 3. The fourth-order valence-electron chi connectivity index (χ4n) is 2.77. The van der Waals surface area contributed by atoms with Crippen molar-refractivity contribution in [1.82, 2.24) is 5.32 Å². The normalized spacial score (nSPS) is 23.0. The molecule has 1 aromatic carbocycles. The molecule has 1 aliphatic rings. The second-order valence-electron chi connectivity index (χ2n) is 5.55. The summed E-state index contributed by atoms with van der Waals surface area (Å²) < 4.78 is 38.2. The van der Waals surface area contributed by atoms with E-state index in [0.29, 0.717) is 18.5 Å². The quantitative estimate of drug-likeness (QED) is 0.898. The minimum absolute atomic E-state index is 0.124. The van der Waals surface area contributed by atoms with Crippen LogP contribution in [-0.4, -0.2) is 18.1 Å². The fraction of sp³-hybridized carbons (Fsp3) is 0.533. The Hall–Kier alpha value is -1.56. The van der Waals surface area contributed by atoms with Gasteiger partial charge in [0.05, 0.1) is 5.92 Å². The largest absolute Gasteiger partial charge is 0.391 e. The summed E-state index contributed by atoms with van der Waals surface area (Å²) >= 11 is 0. The number of carbonyl (C=O) groups is 1. The predicted molar refractivity (Wildman–Crippen MR) is 73.6 cm³/mol. The Balaban J connectivity index is 1.91. The molecule has 1 fully saturated rings. The highest BCUT2D eigenvalue weighted by Gasteiger charge is 2.41. The van der Waals surface area contributed by atoms with Crippen LogP contribution in [0.2, 0.25) is 0 Å². The third-order valence-electron chi connectivity index (χ3n) is 3.94. The third-order valence-corrected chi connectivity index (χ3v) is 3.94. The lowest BCUT2D eigenvalue weighted by molar-refractivity contribution is -0.183. The number of halogens is 3. The van der Waals surface area contributed by atoms with Crippen molar-refractivity contribution < 1.29 is 18.0 Å². The van der Waals surface area contributed by atoms with Crippen LogP contribution in [0.25, 0.3) is 0 Å². The highest BCUT2D eigenvalue weighted by atomic mass is 19.4. The smallest absolute Gasteiger partial charge is 0.366 e. The van der Waals surface area contributed by atoms with Crippen LogP contribution in [0.15, 0.2) is 24.3 Å². The van der Waals surface area contributed by atoms with Crippen LogP contribution in [0.1, 0.15) is 41.6 Å². The number of nitrogens with two attached hydrogens (primary N) is 1. The molecule has 6 heteroatoms. The number of hydrogen-bond donors (Lipinski definition) is 2. The molecule has 1 aromatic rings. The maximum Gasteiger partial charge on any atom is 0.391 e. The van der Waals surface area contributed by atoms with Crippen LogP contribution in [-0.2, 0) is 6.54 Å². The molecule has 2 rings (SSSR count). The van der Waals surface area contributed by atoms with E-state index in [0.717, 1.165) is 12.0 Å². The number of nitrogens with one attached hydrogen (secondary N) is 1. The Morgan fingerprint density at radius 1 is 1.33 bits per heavy atom. The first kappa shape index (κ1) is 15.8. The lowest BCUT2D eigenvalue weighted by atomic mass is 9.85. The van der Waals surface area contributed by atoms with E-state index in [1.807, 2.05) is 6.07 Å². The average molecular weight is 300 g/mol. The van der Waals surface area contributed by atoms with Gasteiger partial charge in [0.1, 0.15) is 0 Å². The summed E-state index contributed by atoms with van der Waals surface area (Å²) in [6.45, 7) is 0.441. The molecule has 21 heavy (non-hydrogen) atoms. The van der Waals surface area contributed by atoms with E-state index in [1.54, 1.807) is 18.2 Å². The van der Waals surface area contributed by atoms with Crippen LogP contribution in [0.5, 0.6) is 0 Å². The first-order chi connectivity index (χ1) is 9.86. The van der Waals surface area contributed by atoms with E-state index < -0.39 is 18.0 Å². The molecule has 1 saturated carbocycles. The zero-order valence-electron chi connectivity index (χ0n) is 11.6. The topological polar surface area (TPSA) is 55.1 Å². The molecule has 3 N–H and O–H groups in total. The van der Waals surface area contributed by atoms with Crippen LogP contribution in [0, 0.1) is 5.92 Å². The van der Waals surface area contributed by atoms with Crippen LogP contribution < -0.4 is 11.1 Å². The molecule has 0 spiro atoms. The molecule has 0 heterocycles. The summed E-state index contributed by atoms with van der Waals surface area (Å²) in [5, 5.41) is 3.15. The van der Waals surface area contributed by atoms with Crippen molar-refractivity contribution in [2.24, 2.45) is 11.7 Å². The molecule has 0 saturated heterocycles. The summed E-state index contributed by atoms with van der Waals surface area (Å²) in [4.78, 5) is 11.1. The van der Waals surface area contributed by atoms with Gasteiger partial charge in [0.25, 0.3) is 0 Å². The summed E-state index contributed by atoms with van der Waals surface area (Å²) in [5.74, 6) is -1.72. The van der Waals surface area contributed by atoms with Gasteiger partial charge in [-0.3, -0.25) is 4.79 Å². The number of carbonyl (C=O) groups excluding carboxylic acids is 1. The monoisotopic (exact) mass is 300 g/mol. The van der Waals surface area contributed by atoms with E-state index in [2.05, 4.69) is 5.32 Å². The van der Waals surface area contributed by atoms with Gasteiger partial charge in [-0.25, -0.2) is 0 Å². The van der Waals surface area contributed by atoms with Gasteiger partial charge in [0.2, 0.25) is 5.91 Å². The van der Waals surface area contributed by atoms with Gasteiger partial charge >= 0.3 is 6.18 Å².